The first kappa shape index (κ1) is 12.6. The van der Waals surface area contributed by atoms with Gasteiger partial charge in [0.25, 0.3) is 0 Å². The van der Waals surface area contributed by atoms with Gasteiger partial charge in [0.1, 0.15) is 5.75 Å². The number of hydrogen-bond acceptors (Lipinski definition) is 3. The zero-order valence-electron chi connectivity index (χ0n) is 11.1. The highest BCUT2D eigenvalue weighted by Crippen LogP contribution is 2.32. The van der Waals surface area contributed by atoms with Crippen LogP contribution >= 0.6 is 0 Å². The molecule has 0 radical (unpaired) electrons. The van der Waals surface area contributed by atoms with Crippen molar-refractivity contribution in [3.63, 3.8) is 0 Å². The van der Waals surface area contributed by atoms with E-state index >= 15 is 0 Å². The lowest BCUT2D eigenvalue weighted by molar-refractivity contribution is 0.413. The van der Waals surface area contributed by atoms with Crippen LogP contribution in [0.3, 0.4) is 0 Å². The summed E-state index contributed by atoms with van der Waals surface area (Å²) < 4.78 is 7.47. The van der Waals surface area contributed by atoms with Crippen LogP contribution in [0.4, 0.5) is 0 Å². The van der Waals surface area contributed by atoms with Gasteiger partial charge in [-0.25, -0.2) is 4.98 Å². The van der Waals surface area contributed by atoms with E-state index in [-0.39, 0.29) is 0 Å². The standard InChI is InChI=1S/C14H19N3O/c1-10-6-11(2)14(18-3)12(7-10)13-8-17(5-4-15)9-16-13/h6-9H,4-5,15H2,1-3H3. The van der Waals surface area contributed by atoms with Crippen molar-refractivity contribution in [3.8, 4) is 17.0 Å². The molecule has 0 aliphatic carbocycles. The molecule has 1 heterocycles. The molecule has 96 valence electrons. The van der Waals surface area contributed by atoms with Gasteiger partial charge in [-0.15, -0.1) is 0 Å². The Hall–Kier alpha value is -1.81. The third kappa shape index (κ3) is 2.38. The molecule has 4 nitrogen and oxygen atoms in total. The van der Waals surface area contributed by atoms with Gasteiger partial charge in [-0.2, -0.15) is 0 Å². The Bertz CT molecular complexity index is 546. The fraction of sp³-hybridized carbons (Fsp3) is 0.357. The van der Waals surface area contributed by atoms with E-state index in [2.05, 4.69) is 24.0 Å². The predicted octanol–water partition coefficient (Wildman–Crippen LogP) is 2.13. The molecule has 2 rings (SSSR count). The predicted molar refractivity (Wildman–Crippen MR) is 72.7 cm³/mol. The molecule has 2 aromatic rings. The number of imidazole rings is 1. The van der Waals surface area contributed by atoms with E-state index in [4.69, 9.17) is 10.5 Å². The van der Waals surface area contributed by atoms with Gasteiger partial charge in [-0.05, 0) is 31.0 Å². The van der Waals surface area contributed by atoms with Crippen LogP contribution in [-0.4, -0.2) is 23.2 Å². The summed E-state index contributed by atoms with van der Waals surface area (Å²) >= 11 is 0. The van der Waals surface area contributed by atoms with E-state index in [1.54, 1.807) is 13.4 Å². The molecule has 0 amide bonds. The van der Waals surface area contributed by atoms with Crippen molar-refractivity contribution in [1.29, 1.82) is 0 Å². The summed E-state index contributed by atoms with van der Waals surface area (Å²) in [5.74, 6) is 0.888. The Morgan fingerprint density at radius 3 is 2.78 bits per heavy atom. The van der Waals surface area contributed by atoms with Crippen molar-refractivity contribution in [2.45, 2.75) is 20.4 Å². The highest BCUT2D eigenvalue weighted by molar-refractivity contribution is 5.69. The molecule has 2 N–H and O–H groups in total. The molecule has 0 aliphatic rings. The maximum absolute atomic E-state index is 5.54. The highest BCUT2D eigenvalue weighted by Gasteiger charge is 2.12. The molecule has 0 saturated heterocycles. The zero-order valence-corrected chi connectivity index (χ0v) is 11.1. The molecule has 1 aromatic carbocycles. The van der Waals surface area contributed by atoms with Crippen LogP contribution in [0.1, 0.15) is 11.1 Å². The van der Waals surface area contributed by atoms with E-state index in [0.29, 0.717) is 6.54 Å². The van der Waals surface area contributed by atoms with Gasteiger partial charge in [0, 0.05) is 24.8 Å². The molecule has 4 heteroatoms. The zero-order chi connectivity index (χ0) is 13.1. The maximum Gasteiger partial charge on any atom is 0.131 e. The van der Waals surface area contributed by atoms with E-state index in [1.165, 1.54) is 5.56 Å². The maximum atomic E-state index is 5.54. The minimum Gasteiger partial charge on any atom is -0.496 e. The molecule has 0 saturated carbocycles. The molecule has 0 aliphatic heterocycles. The number of aromatic nitrogens is 2. The quantitative estimate of drug-likeness (QED) is 0.897. The van der Waals surface area contributed by atoms with E-state index in [0.717, 1.165) is 29.1 Å². The normalized spacial score (nSPS) is 10.7. The van der Waals surface area contributed by atoms with Crippen molar-refractivity contribution in [3.05, 3.63) is 35.8 Å². The van der Waals surface area contributed by atoms with Crippen LogP contribution in [0, 0.1) is 13.8 Å². The van der Waals surface area contributed by atoms with E-state index in [9.17, 15) is 0 Å². The van der Waals surface area contributed by atoms with E-state index in [1.807, 2.05) is 17.7 Å². The van der Waals surface area contributed by atoms with Crippen molar-refractivity contribution in [1.82, 2.24) is 9.55 Å². The van der Waals surface area contributed by atoms with Crippen LogP contribution < -0.4 is 10.5 Å². The van der Waals surface area contributed by atoms with Crippen molar-refractivity contribution in [2.24, 2.45) is 5.73 Å². The fourth-order valence-corrected chi connectivity index (χ4v) is 2.19. The molecule has 0 fully saturated rings. The van der Waals surface area contributed by atoms with Crippen molar-refractivity contribution >= 4 is 0 Å². The average molecular weight is 245 g/mol. The molecule has 0 spiro atoms. The van der Waals surface area contributed by atoms with Gasteiger partial charge >= 0.3 is 0 Å². The smallest absolute Gasteiger partial charge is 0.131 e. The summed E-state index contributed by atoms with van der Waals surface area (Å²) in [5, 5.41) is 0. The fourth-order valence-electron chi connectivity index (χ4n) is 2.19. The second-order valence-electron chi connectivity index (χ2n) is 4.45. The first-order valence-electron chi connectivity index (χ1n) is 6.03. The minimum atomic E-state index is 0.611. The summed E-state index contributed by atoms with van der Waals surface area (Å²) in [6.07, 6.45) is 3.81. The lowest BCUT2D eigenvalue weighted by Crippen LogP contribution is -2.07. The van der Waals surface area contributed by atoms with Gasteiger partial charge in [0.15, 0.2) is 0 Å². The SMILES string of the molecule is COc1c(C)cc(C)cc1-c1cn(CCN)cn1. The Balaban J connectivity index is 2.48. The average Bonchev–Trinajstić information content (AvgIpc) is 2.77. The van der Waals surface area contributed by atoms with Crippen LogP contribution in [-0.2, 0) is 6.54 Å². The third-order valence-corrected chi connectivity index (χ3v) is 2.92. The lowest BCUT2D eigenvalue weighted by Gasteiger charge is -2.11. The van der Waals surface area contributed by atoms with Gasteiger partial charge in [-0.3, -0.25) is 0 Å². The van der Waals surface area contributed by atoms with Crippen LogP contribution in [0.15, 0.2) is 24.7 Å². The number of hydrogen-bond donors (Lipinski definition) is 1. The summed E-state index contributed by atoms with van der Waals surface area (Å²) in [4.78, 5) is 4.42. The molecular formula is C14H19N3O. The van der Waals surface area contributed by atoms with E-state index < -0.39 is 0 Å². The molecule has 0 atom stereocenters. The number of nitrogens with zero attached hydrogens (tertiary/aromatic N) is 2. The summed E-state index contributed by atoms with van der Waals surface area (Å²) in [5.41, 5.74) is 9.83. The lowest BCUT2D eigenvalue weighted by atomic mass is 10.0. The number of rotatable bonds is 4. The van der Waals surface area contributed by atoms with Crippen LogP contribution in [0.25, 0.3) is 11.3 Å². The first-order chi connectivity index (χ1) is 8.65. The molecule has 1 aromatic heterocycles. The molecule has 0 unspecified atom stereocenters. The van der Waals surface area contributed by atoms with Crippen LogP contribution in [0.5, 0.6) is 5.75 Å². The van der Waals surface area contributed by atoms with Gasteiger partial charge in [0.2, 0.25) is 0 Å². The minimum absolute atomic E-state index is 0.611. The number of methoxy groups -OCH3 is 1. The van der Waals surface area contributed by atoms with Crippen molar-refractivity contribution < 1.29 is 4.74 Å². The van der Waals surface area contributed by atoms with Crippen LogP contribution in [0.2, 0.25) is 0 Å². The second kappa shape index (κ2) is 5.23. The molecule has 18 heavy (non-hydrogen) atoms. The topological polar surface area (TPSA) is 53.1 Å². The molecule has 0 bridgehead atoms. The first-order valence-corrected chi connectivity index (χ1v) is 6.03. The van der Waals surface area contributed by atoms with Gasteiger partial charge in [-0.1, -0.05) is 6.07 Å². The number of ether oxygens (including phenoxy) is 1. The number of nitrogens with two attached hydrogens (primary N) is 1. The van der Waals surface area contributed by atoms with Gasteiger partial charge < -0.3 is 15.0 Å². The Kier molecular flexibility index (Phi) is 3.67. The number of benzene rings is 1. The second-order valence-corrected chi connectivity index (χ2v) is 4.45. The van der Waals surface area contributed by atoms with Crippen molar-refractivity contribution in [2.75, 3.05) is 13.7 Å². The Morgan fingerprint density at radius 2 is 2.11 bits per heavy atom. The molecular weight excluding hydrogens is 226 g/mol. The highest BCUT2D eigenvalue weighted by atomic mass is 16.5. The van der Waals surface area contributed by atoms with Gasteiger partial charge in [0.05, 0.1) is 19.1 Å². The monoisotopic (exact) mass is 245 g/mol. The largest absolute Gasteiger partial charge is 0.496 e. The summed E-state index contributed by atoms with van der Waals surface area (Å²) in [7, 11) is 1.69. The number of aryl methyl sites for hydroxylation is 2. The Labute approximate surface area is 107 Å². The summed E-state index contributed by atoms with van der Waals surface area (Å²) in [6, 6.07) is 4.21. The Morgan fingerprint density at radius 1 is 1.33 bits per heavy atom. The summed E-state index contributed by atoms with van der Waals surface area (Å²) in [6.45, 7) is 5.51. The third-order valence-electron chi connectivity index (χ3n) is 2.92.